The topological polar surface area (TPSA) is 76.7 Å². The van der Waals surface area contributed by atoms with E-state index in [0.29, 0.717) is 27.6 Å². The minimum atomic E-state index is -0.639. The Morgan fingerprint density at radius 2 is 1.89 bits per heavy atom. The maximum absolute atomic E-state index is 12.6. The zero-order valence-electron chi connectivity index (χ0n) is 14.7. The fraction of sp³-hybridized carbons (Fsp3) is 0.200. The predicted octanol–water partition coefficient (Wildman–Crippen LogP) is 3.59. The smallest absolute Gasteiger partial charge is 0.338 e. The summed E-state index contributed by atoms with van der Waals surface area (Å²) in [4.78, 5) is 24.5. The molecule has 1 atom stereocenters. The molecule has 1 aliphatic rings. The lowest BCUT2D eigenvalue weighted by Crippen LogP contribution is -2.45. The molecule has 1 unspecified atom stereocenters. The number of amides is 2. The van der Waals surface area contributed by atoms with Gasteiger partial charge in [-0.15, -0.1) is 0 Å². The molecule has 3 rings (SSSR count). The van der Waals surface area contributed by atoms with E-state index in [2.05, 4.69) is 10.6 Å². The van der Waals surface area contributed by atoms with E-state index >= 15 is 0 Å². The van der Waals surface area contributed by atoms with Gasteiger partial charge in [0.25, 0.3) is 0 Å². The van der Waals surface area contributed by atoms with Crippen LogP contribution >= 0.6 is 11.6 Å². The number of para-hydroxylation sites is 1. The quantitative estimate of drug-likeness (QED) is 0.587. The maximum atomic E-state index is 12.6. The van der Waals surface area contributed by atoms with Crippen LogP contribution in [0.1, 0.15) is 18.5 Å². The number of rotatable bonds is 6. The Morgan fingerprint density at radius 3 is 2.63 bits per heavy atom. The van der Waals surface area contributed by atoms with Crippen molar-refractivity contribution < 1.29 is 19.1 Å². The van der Waals surface area contributed by atoms with E-state index in [1.807, 2.05) is 30.3 Å². The van der Waals surface area contributed by atoms with Gasteiger partial charge in [0.2, 0.25) is 0 Å². The summed E-state index contributed by atoms with van der Waals surface area (Å²) in [5.74, 6) is 0.175. The lowest BCUT2D eigenvalue weighted by molar-refractivity contribution is -0.140. The predicted molar refractivity (Wildman–Crippen MR) is 101 cm³/mol. The highest BCUT2D eigenvalue weighted by Crippen LogP contribution is 2.29. The number of carbonyl (C=O) groups excluding carboxylic acids is 2. The highest BCUT2D eigenvalue weighted by molar-refractivity contribution is 6.30. The first-order valence-electron chi connectivity index (χ1n) is 8.43. The normalized spacial score (nSPS) is 16.4. The van der Waals surface area contributed by atoms with Gasteiger partial charge in [0, 0.05) is 10.7 Å². The summed E-state index contributed by atoms with van der Waals surface area (Å²) in [7, 11) is 0. The standard InChI is InChI=1S/C20H19ClN2O4/c1-13-17(19(24)27-11-10-26-16-8-3-2-4-9-16)18(23-20(25)22-13)14-6-5-7-15(21)12-14/h2-9,12,18H,10-11H2,1H3,(H2,22,23,25). The van der Waals surface area contributed by atoms with Crippen LogP contribution in [0.3, 0.4) is 0 Å². The van der Waals surface area contributed by atoms with Crippen LogP contribution in [0.4, 0.5) is 4.79 Å². The van der Waals surface area contributed by atoms with Crippen molar-refractivity contribution in [2.45, 2.75) is 13.0 Å². The summed E-state index contributed by atoms with van der Waals surface area (Å²) in [5, 5.41) is 5.86. The second-order valence-electron chi connectivity index (χ2n) is 5.92. The molecule has 0 spiro atoms. The van der Waals surface area contributed by atoms with Gasteiger partial charge in [0.15, 0.2) is 0 Å². The number of esters is 1. The van der Waals surface area contributed by atoms with E-state index in [9.17, 15) is 9.59 Å². The van der Waals surface area contributed by atoms with Crippen molar-refractivity contribution >= 4 is 23.6 Å². The first-order chi connectivity index (χ1) is 13.0. The second-order valence-corrected chi connectivity index (χ2v) is 6.36. The Labute approximate surface area is 162 Å². The van der Waals surface area contributed by atoms with Crippen LogP contribution in [0.15, 0.2) is 65.9 Å². The van der Waals surface area contributed by atoms with E-state index in [-0.39, 0.29) is 19.2 Å². The molecule has 27 heavy (non-hydrogen) atoms. The number of nitrogens with one attached hydrogen (secondary N) is 2. The molecule has 2 N–H and O–H groups in total. The first-order valence-corrected chi connectivity index (χ1v) is 8.81. The number of carbonyl (C=O) groups is 2. The summed E-state index contributed by atoms with van der Waals surface area (Å²) < 4.78 is 10.9. The molecular weight excluding hydrogens is 368 g/mol. The summed E-state index contributed by atoms with van der Waals surface area (Å²) >= 11 is 6.05. The van der Waals surface area contributed by atoms with Gasteiger partial charge in [0.05, 0.1) is 11.6 Å². The number of allylic oxidation sites excluding steroid dienone is 1. The summed E-state index contributed by atoms with van der Waals surface area (Å²) in [6, 6.07) is 15.2. The lowest BCUT2D eigenvalue weighted by atomic mass is 9.96. The highest BCUT2D eigenvalue weighted by Gasteiger charge is 2.32. The molecule has 7 heteroatoms. The first kappa shape index (κ1) is 18.8. The highest BCUT2D eigenvalue weighted by atomic mass is 35.5. The average Bonchev–Trinajstić information content (AvgIpc) is 2.65. The van der Waals surface area contributed by atoms with E-state index < -0.39 is 12.0 Å². The van der Waals surface area contributed by atoms with Crippen molar-refractivity contribution in [2.24, 2.45) is 0 Å². The molecular formula is C20H19ClN2O4. The largest absolute Gasteiger partial charge is 0.490 e. The van der Waals surface area contributed by atoms with Gasteiger partial charge in [0.1, 0.15) is 19.0 Å². The van der Waals surface area contributed by atoms with Crippen LogP contribution in [0.2, 0.25) is 5.02 Å². The summed E-state index contributed by atoms with van der Waals surface area (Å²) in [6.45, 7) is 1.97. The van der Waals surface area contributed by atoms with E-state index in [1.165, 1.54) is 0 Å². The van der Waals surface area contributed by atoms with Gasteiger partial charge in [-0.2, -0.15) is 0 Å². The molecule has 0 radical (unpaired) electrons. The fourth-order valence-corrected chi connectivity index (χ4v) is 2.99. The monoisotopic (exact) mass is 386 g/mol. The van der Waals surface area contributed by atoms with E-state index in [0.717, 1.165) is 0 Å². The fourth-order valence-electron chi connectivity index (χ4n) is 2.79. The van der Waals surface area contributed by atoms with E-state index in [1.54, 1.807) is 31.2 Å². The molecule has 140 valence electrons. The molecule has 0 bridgehead atoms. The third-order valence-corrected chi connectivity index (χ3v) is 4.23. The lowest BCUT2D eigenvalue weighted by Gasteiger charge is -2.28. The second kappa shape index (κ2) is 8.60. The molecule has 0 saturated carbocycles. The van der Waals surface area contributed by atoms with Crippen molar-refractivity contribution in [3.8, 4) is 5.75 Å². The van der Waals surface area contributed by atoms with Gasteiger partial charge in [-0.05, 0) is 36.8 Å². The molecule has 2 amide bonds. The Morgan fingerprint density at radius 1 is 1.11 bits per heavy atom. The molecule has 0 saturated heterocycles. The summed E-state index contributed by atoms with van der Waals surface area (Å²) in [5.41, 5.74) is 1.47. The molecule has 0 aliphatic carbocycles. The van der Waals surface area contributed by atoms with Crippen LogP contribution in [0.5, 0.6) is 5.75 Å². The number of benzene rings is 2. The van der Waals surface area contributed by atoms with Crippen LogP contribution < -0.4 is 15.4 Å². The van der Waals surface area contributed by atoms with Crippen molar-refractivity contribution in [2.75, 3.05) is 13.2 Å². The number of urea groups is 1. The number of hydrogen-bond donors (Lipinski definition) is 2. The Hall–Kier alpha value is -2.99. The van der Waals surface area contributed by atoms with E-state index in [4.69, 9.17) is 21.1 Å². The van der Waals surface area contributed by atoms with Crippen LogP contribution in [-0.4, -0.2) is 25.2 Å². The Bertz CT molecular complexity index is 867. The van der Waals surface area contributed by atoms with Crippen LogP contribution in [-0.2, 0) is 9.53 Å². The molecule has 1 heterocycles. The molecule has 2 aromatic carbocycles. The molecule has 2 aromatic rings. The number of halogens is 1. The van der Waals surface area contributed by atoms with Gasteiger partial charge in [-0.3, -0.25) is 0 Å². The SMILES string of the molecule is CC1=C(C(=O)OCCOc2ccccc2)C(c2cccc(Cl)c2)NC(=O)N1. The van der Waals surface area contributed by atoms with Crippen LogP contribution in [0.25, 0.3) is 0 Å². The number of ether oxygens (including phenoxy) is 2. The van der Waals surface area contributed by atoms with Gasteiger partial charge in [-0.1, -0.05) is 41.9 Å². The zero-order chi connectivity index (χ0) is 19.2. The van der Waals surface area contributed by atoms with Gasteiger partial charge < -0.3 is 20.1 Å². The average molecular weight is 387 g/mol. The minimum Gasteiger partial charge on any atom is -0.490 e. The van der Waals surface area contributed by atoms with Gasteiger partial charge in [-0.25, -0.2) is 9.59 Å². The minimum absolute atomic E-state index is 0.0840. The molecule has 1 aliphatic heterocycles. The number of hydrogen-bond acceptors (Lipinski definition) is 4. The third-order valence-electron chi connectivity index (χ3n) is 4.00. The summed E-state index contributed by atoms with van der Waals surface area (Å²) in [6.07, 6.45) is 0. The van der Waals surface area contributed by atoms with Gasteiger partial charge >= 0.3 is 12.0 Å². The van der Waals surface area contributed by atoms with Crippen LogP contribution in [0, 0.1) is 0 Å². The Balaban J connectivity index is 1.68. The molecule has 0 fully saturated rings. The van der Waals surface area contributed by atoms with Crippen molar-refractivity contribution in [1.82, 2.24) is 10.6 Å². The van der Waals surface area contributed by atoms with Crippen molar-refractivity contribution in [3.63, 3.8) is 0 Å². The van der Waals surface area contributed by atoms with Crippen molar-refractivity contribution in [3.05, 3.63) is 76.5 Å². The molecule has 0 aromatic heterocycles. The molecule has 6 nitrogen and oxygen atoms in total. The zero-order valence-corrected chi connectivity index (χ0v) is 15.5. The van der Waals surface area contributed by atoms with Crippen molar-refractivity contribution in [1.29, 1.82) is 0 Å². The third kappa shape index (κ3) is 4.80. The Kier molecular flexibility index (Phi) is 5.98. The maximum Gasteiger partial charge on any atom is 0.338 e.